The Kier molecular flexibility index (Phi) is 6.50. The first-order valence-corrected chi connectivity index (χ1v) is 15.0. The molecule has 4 aliphatic carbocycles. The predicted molar refractivity (Wildman–Crippen MR) is 153 cm³/mol. The molecule has 7 rings (SSSR count). The third-order valence-corrected chi connectivity index (χ3v) is 11.4. The Labute approximate surface area is 249 Å². The molecular weight excluding hydrogens is 554 g/mol. The molecule has 10 atom stereocenters. The van der Waals surface area contributed by atoms with Crippen molar-refractivity contribution < 1.29 is 38.1 Å². The maximum atomic E-state index is 17.5. The molecule has 8 heteroatoms. The number of aliphatic hydroxyl groups excluding tert-OH is 2. The smallest absolute Gasteiger partial charge is 0.193 e. The van der Waals surface area contributed by atoms with Gasteiger partial charge in [-0.15, -0.1) is 0 Å². The second-order valence-corrected chi connectivity index (χ2v) is 13.4. The number of fused-ring (bicyclic) bond motifs is 7. The van der Waals surface area contributed by atoms with Crippen molar-refractivity contribution in [1.29, 1.82) is 0 Å². The zero-order valence-corrected chi connectivity index (χ0v) is 24.2. The first-order chi connectivity index (χ1) is 20.5. The van der Waals surface area contributed by atoms with Gasteiger partial charge >= 0.3 is 0 Å². The minimum atomic E-state index is -2.28. The van der Waals surface area contributed by atoms with Crippen LogP contribution in [0.4, 0.5) is 8.78 Å². The van der Waals surface area contributed by atoms with Gasteiger partial charge in [0, 0.05) is 22.3 Å². The first kappa shape index (κ1) is 28.7. The van der Waals surface area contributed by atoms with Crippen LogP contribution in [-0.4, -0.2) is 58.0 Å². The summed E-state index contributed by atoms with van der Waals surface area (Å²) in [6, 6.07) is 17.8. The summed E-state index contributed by atoms with van der Waals surface area (Å²) in [5, 5.41) is 21.8. The molecule has 5 aliphatic rings. The van der Waals surface area contributed by atoms with Crippen LogP contribution in [0, 0.1) is 22.7 Å². The fourth-order valence-electron chi connectivity index (χ4n) is 9.34. The lowest BCUT2D eigenvalue weighted by Gasteiger charge is -2.63. The third kappa shape index (κ3) is 3.76. The predicted octanol–water partition coefficient (Wildman–Crippen LogP) is 4.92. The molecule has 226 valence electrons. The van der Waals surface area contributed by atoms with Gasteiger partial charge in [0.2, 0.25) is 0 Å². The number of carbonyl (C=O) groups is 2. The number of hydrogen-bond acceptors (Lipinski definition) is 6. The van der Waals surface area contributed by atoms with Crippen molar-refractivity contribution in [3.8, 4) is 0 Å². The molecular formula is C35H36F2O6. The molecule has 2 N–H and O–H groups in total. The minimum absolute atomic E-state index is 0.0454. The highest BCUT2D eigenvalue weighted by Crippen LogP contribution is 2.72. The number of carbonyl (C=O) groups excluding carboxylic acids is 2. The maximum Gasteiger partial charge on any atom is 0.193 e. The average molecular weight is 591 g/mol. The molecule has 3 saturated carbocycles. The summed E-state index contributed by atoms with van der Waals surface area (Å²) in [4.78, 5) is 25.8. The molecule has 2 unspecified atom stereocenters. The molecule has 2 aromatic rings. The van der Waals surface area contributed by atoms with E-state index < -0.39 is 76.8 Å². The van der Waals surface area contributed by atoms with Gasteiger partial charge < -0.3 is 19.7 Å². The van der Waals surface area contributed by atoms with E-state index in [4.69, 9.17) is 9.47 Å². The number of alkyl halides is 2. The van der Waals surface area contributed by atoms with Crippen LogP contribution in [0.25, 0.3) is 0 Å². The Balaban J connectivity index is 1.22. The van der Waals surface area contributed by atoms with E-state index in [9.17, 15) is 19.8 Å². The first-order valence-electron chi connectivity index (χ1n) is 15.0. The molecule has 6 nitrogen and oxygen atoms in total. The summed E-state index contributed by atoms with van der Waals surface area (Å²) < 4.78 is 46.3. The Bertz CT molecular complexity index is 1520. The van der Waals surface area contributed by atoms with Crippen molar-refractivity contribution in [3.05, 3.63) is 95.1 Å². The number of benzene rings is 2. The van der Waals surface area contributed by atoms with E-state index in [-0.39, 0.29) is 24.8 Å². The Hall–Kier alpha value is -3.04. The van der Waals surface area contributed by atoms with Crippen LogP contribution >= 0.6 is 0 Å². The van der Waals surface area contributed by atoms with E-state index in [1.54, 1.807) is 13.8 Å². The van der Waals surface area contributed by atoms with Crippen LogP contribution in [0.1, 0.15) is 56.1 Å². The highest BCUT2D eigenvalue weighted by Gasteiger charge is 2.80. The lowest BCUT2D eigenvalue weighted by Crippen LogP contribution is -2.70. The van der Waals surface area contributed by atoms with E-state index in [0.717, 1.165) is 18.1 Å². The lowest BCUT2D eigenvalue weighted by molar-refractivity contribution is -0.235. The van der Waals surface area contributed by atoms with Crippen LogP contribution in [0.2, 0.25) is 0 Å². The van der Waals surface area contributed by atoms with E-state index in [0.29, 0.717) is 5.56 Å². The summed E-state index contributed by atoms with van der Waals surface area (Å²) in [5.41, 5.74) is -3.59. The zero-order chi connectivity index (χ0) is 30.4. The molecule has 2 aromatic carbocycles. The molecule has 0 spiro atoms. The minimum Gasteiger partial charge on any atom is -0.390 e. The normalized spacial score (nSPS) is 42.9. The molecule has 0 radical (unpaired) electrons. The van der Waals surface area contributed by atoms with Crippen molar-refractivity contribution in [2.75, 3.05) is 6.61 Å². The van der Waals surface area contributed by atoms with Crippen molar-refractivity contribution in [3.63, 3.8) is 0 Å². The number of allylic oxidation sites excluding steroid dienone is 4. The SMILES string of the molecule is C[C@]12C=CC(=O)C=C1[C@@H](F)C[C@H]1[C@@H]3CC4OC(c5ccc(Cc6ccccc6)cc5)O[C@@]4(C(=O)CO)[C@@]3(C)C[C@H](O)[C@@]12F. The maximum absolute atomic E-state index is 17.5. The monoisotopic (exact) mass is 590 g/mol. The van der Waals surface area contributed by atoms with Gasteiger partial charge in [0.25, 0.3) is 0 Å². The van der Waals surface area contributed by atoms with Crippen molar-refractivity contribution in [2.45, 2.75) is 75.5 Å². The van der Waals surface area contributed by atoms with Crippen LogP contribution in [0.5, 0.6) is 0 Å². The second kappa shape index (κ2) is 9.73. The van der Waals surface area contributed by atoms with Gasteiger partial charge in [0.1, 0.15) is 12.8 Å². The van der Waals surface area contributed by atoms with E-state index in [1.807, 2.05) is 42.5 Å². The fraction of sp³-hybridized carbons (Fsp3) is 0.486. The van der Waals surface area contributed by atoms with Gasteiger partial charge in [-0.2, -0.15) is 0 Å². The van der Waals surface area contributed by atoms with Crippen LogP contribution in [0.15, 0.2) is 78.4 Å². The van der Waals surface area contributed by atoms with E-state index >= 15 is 8.78 Å². The molecule has 0 aromatic heterocycles. The third-order valence-electron chi connectivity index (χ3n) is 11.4. The van der Waals surface area contributed by atoms with E-state index in [1.165, 1.54) is 17.7 Å². The number of Topliss-reactive ketones (excluding diaryl/α,β-unsaturated/α-hetero) is 1. The van der Waals surface area contributed by atoms with E-state index in [2.05, 4.69) is 12.1 Å². The van der Waals surface area contributed by atoms with Gasteiger partial charge in [-0.25, -0.2) is 8.78 Å². The zero-order valence-electron chi connectivity index (χ0n) is 24.2. The number of ether oxygens (including phenoxy) is 2. The van der Waals surface area contributed by atoms with Gasteiger partial charge in [0.05, 0.1) is 12.2 Å². The van der Waals surface area contributed by atoms with Crippen molar-refractivity contribution in [2.24, 2.45) is 22.7 Å². The highest BCUT2D eigenvalue weighted by atomic mass is 19.1. The molecule has 0 bridgehead atoms. The summed E-state index contributed by atoms with van der Waals surface area (Å²) >= 11 is 0. The molecule has 0 amide bonds. The summed E-state index contributed by atoms with van der Waals surface area (Å²) in [7, 11) is 0. The second-order valence-electron chi connectivity index (χ2n) is 13.4. The Morgan fingerprint density at radius 2 is 1.72 bits per heavy atom. The lowest BCUT2D eigenvalue weighted by atomic mass is 9.44. The summed E-state index contributed by atoms with van der Waals surface area (Å²) in [6.45, 7) is 2.51. The Morgan fingerprint density at radius 1 is 1.02 bits per heavy atom. The number of hydrogen-bond donors (Lipinski definition) is 2. The molecule has 1 heterocycles. The number of halogens is 2. The number of rotatable bonds is 5. The van der Waals surface area contributed by atoms with Crippen LogP contribution in [0.3, 0.4) is 0 Å². The Morgan fingerprint density at radius 3 is 2.42 bits per heavy atom. The van der Waals surface area contributed by atoms with Gasteiger partial charge in [-0.05, 0) is 67.4 Å². The number of ketones is 2. The van der Waals surface area contributed by atoms with Gasteiger partial charge in [-0.1, -0.05) is 67.6 Å². The van der Waals surface area contributed by atoms with Gasteiger partial charge in [-0.3, -0.25) is 9.59 Å². The average Bonchev–Trinajstić information content (AvgIpc) is 3.49. The largest absolute Gasteiger partial charge is 0.390 e. The van der Waals surface area contributed by atoms with Crippen LogP contribution in [-0.2, 0) is 25.5 Å². The number of aliphatic hydroxyl groups is 2. The summed E-state index contributed by atoms with van der Waals surface area (Å²) in [5.74, 6) is -2.56. The molecule has 43 heavy (non-hydrogen) atoms. The summed E-state index contributed by atoms with van der Waals surface area (Å²) in [6.07, 6.45) is -0.539. The van der Waals surface area contributed by atoms with Crippen molar-refractivity contribution >= 4 is 11.6 Å². The van der Waals surface area contributed by atoms with Crippen molar-refractivity contribution in [1.82, 2.24) is 0 Å². The molecule has 1 saturated heterocycles. The standard InChI is InChI=1S/C35H36F2O6/c1-32-13-12-23(39)15-26(32)27(36)16-25-24-17-30-35(29(41)19-38,33(24,2)18-28(40)34(25,32)37)43-31(42-30)22-10-8-21(9-11-22)14-20-6-4-3-5-7-20/h3-13,15,24-25,27-28,30-31,38,40H,14,16-19H2,1-2H3/t24-,25-,27-,28-,30?,31?,32-,33-,34-,35+/m0/s1. The van der Waals surface area contributed by atoms with Crippen LogP contribution < -0.4 is 0 Å². The highest BCUT2D eigenvalue weighted by molar-refractivity contribution is 6.01. The molecule has 4 fully saturated rings. The quantitative estimate of drug-likeness (QED) is 0.514. The topological polar surface area (TPSA) is 93.1 Å². The van der Waals surface area contributed by atoms with Gasteiger partial charge in [0.15, 0.2) is 29.1 Å². The fourth-order valence-corrected chi connectivity index (χ4v) is 9.34. The molecule has 1 aliphatic heterocycles.